The van der Waals surface area contributed by atoms with Crippen molar-refractivity contribution in [1.82, 2.24) is 18.7 Å². The maximum atomic E-state index is 11.7. The third-order valence-electron chi connectivity index (χ3n) is 3.30. The summed E-state index contributed by atoms with van der Waals surface area (Å²) in [7, 11) is 4.77. The van der Waals surface area contributed by atoms with Gasteiger partial charge in [0.15, 0.2) is 11.2 Å². The van der Waals surface area contributed by atoms with Gasteiger partial charge in [-0.05, 0) is 6.42 Å². The van der Waals surface area contributed by atoms with Crippen molar-refractivity contribution in [2.24, 2.45) is 26.9 Å². The number of imidazole rings is 1. The Morgan fingerprint density at radius 1 is 1.21 bits per heavy atom. The molecule has 2 heterocycles. The topological polar surface area (TPSA) is 162 Å². The van der Waals surface area contributed by atoms with Gasteiger partial charge in [0, 0.05) is 27.6 Å². The summed E-state index contributed by atoms with van der Waals surface area (Å²) in [6, 6.07) is -1.06. The van der Waals surface area contributed by atoms with Gasteiger partial charge in [-0.1, -0.05) is 0 Å². The van der Waals surface area contributed by atoms with E-state index in [0.717, 1.165) is 4.57 Å². The Morgan fingerprint density at radius 3 is 2.29 bits per heavy atom. The molecule has 0 unspecified atom stereocenters. The molecule has 132 valence electrons. The molecule has 0 fully saturated rings. The lowest BCUT2D eigenvalue weighted by atomic mass is 10.2. The third-order valence-corrected chi connectivity index (χ3v) is 3.30. The van der Waals surface area contributed by atoms with Crippen molar-refractivity contribution < 1.29 is 19.8 Å². The number of nitrogens with zero attached hydrogens (tertiary/aromatic N) is 4. The molecule has 2 aromatic rings. The first-order chi connectivity index (χ1) is 11.1. The van der Waals surface area contributed by atoms with E-state index in [0.29, 0.717) is 11.2 Å². The van der Waals surface area contributed by atoms with Crippen molar-refractivity contribution in [2.75, 3.05) is 0 Å². The number of carbonyl (C=O) groups is 2. The first kappa shape index (κ1) is 19.1. The number of rotatable bonds is 4. The largest absolute Gasteiger partial charge is 0.481 e. The zero-order valence-electron chi connectivity index (χ0n) is 13.5. The van der Waals surface area contributed by atoms with Crippen LogP contribution in [0, 0.1) is 0 Å². The minimum Gasteiger partial charge on any atom is -0.481 e. The van der Waals surface area contributed by atoms with E-state index < -0.39 is 18.0 Å². The molecule has 24 heavy (non-hydrogen) atoms. The van der Waals surface area contributed by atoms with Crippen LogP contribution in [0.4, 0.5) is 0 Å². The van der Waals surface area contributed by atoms with Gasteiger partial charge in [-0.2, -0.15) is 0 Å². The number of hydrogen-bond acceptors (Lipinski definition) is 6. The van der Waals surface area contributed by atoms with Crippen LogP contribution in [-0.2, 0) is 30.7 Å². The van der Waals surface area contributed by atoms with Crippen LogP contribution < -0.4 is 17.0 Å². The Bertz CT molecular complexity index is 877. The summed E-state index contributed by atoms with van der Waals surface area (Å²) in [5.74, 6) is -2.20. The van der Waals surface area contributed by atoms with E-state index in [-0.39, 0.29) is 24.1 Å². The molecule has 1 atom stereocenters. The fourth-order valence-electron chi connectivity index (χ4n) is 1.87. The quantitative estimate of drug-likeness (QED) is 0.588. The molecule has 0 saturated carbocycles. The molecule has 11 heteroatoms. The van der Waals surface area contributed by atoms with Gasteiger partial charge in [-0.15, -0.1) is 0 Å². The highest BCUT2D eigenvalue weighted by Crippen LogP contribution is 2.01. The third kappa shape index (κ3) is 4.07. The Hall–Kier alpha value is -2.95. The molecule has 0 spiro atoms. The van der Waals surface area contributed by atoms with Crippen molar-refractivity contribution in [3.05, 3.63) is 27.2 Å². The average molecular weight is 341 g/mol. The van der Waals surface area contributed by atoms with Crippen molar-refractivity contribution in [2.45, 2.75) is 18.9 Å². The summed E-state index contributed by atoms with van der Waals surface area (Å²) >= 11 is 0. The molecule has 0 aromatic carbocycles. The van der Waals surface area contributed by atoms with Crippen molar-refractivity contribution in [3.63, 3.8) is 0 Å². The highest BCUT2D eigenvalue weighted by molar-refractivity contribution is 5.74. The van der Waals surface area contributed by atoms with E-state index in [1.807, 2.05) is 0 Å². The summed E-state index contributed by atoms with van der Waals surface area (Å²) in [6.07, 6.45) is 1.30. The second-order valence-corrected chi connectivity index (χ2v) is 5.11. The Morgan fingerprint density at radius 2 is 1.79 bits per heavy atom. The van der Waals surface area contributed by atoms with Crippen molar-refractivity contribution >= 4 is 23.1 Å². The summed E-state index contributed by atoms with van der Waals surface area (Å²) < 4.78 is 4.04. The molecule has 0 aliphatic carbocycles. The average Bonchev–Trinajstić information content (AvgIpc) is 2.90. The lowest BCUT2D eigenvalue weighted by Crippen LogP contribution is -2.37. The summed E-state index contributed by atoms with van der Waals surface area (Å²) in [6.45, 7) is 0. The van der Waals surface area contributed by atoms with Gasteiger partial charge in [-0.3, -0.25) is 23.5 Å². The molecule has 0 aliphatic rings. The van der Waals surface area contributed by atoms with E-state index >= 15 is 0 Å². The summed E-state index contributed by atoms with van der Waals surface area (Å²) in [5.41, 5.74) is 5.18. The van der Waals surface area contributed by atoms with Crippen LogP contribution in [0.1, 0.15) is 12.8 Å². The van der Waals surface area contributed by atoms with Gasteiger partial charge in [0.2, 0.25) is 0 Å². The predicted octanol–water partition coefficient (Wildman–Crippen LogP) is -1.77. The van der Waals surface area contributed by atoms with Gasteiger partial charge in [-0.25, -0.2) is 9.78 Å². The van der Waals surface area contributed by atoms with Crippen LogP contribution in [-0.4, -0.2) is 46.9 Å². The SMILES string of the molecule is Cn1c(=O)c2c(ncn2C)n(C)c1=O.N[C@@H](CCC(=O)O)C(=O)O. The first-order valence-corrected chi connectivity index (χ1v) is 6.85. The number of hydrogen-bond donors (Lipinski definition) is 3. The maximum Gasteiger partial charge on any atom is 0.332 e. The fourth-order valence-corrected chi connectivity index (χ4v) is 1.87. The molecular weight excluding hydrogens is 322 g/mol. The van der Waals surface area contributed by atoms with Gasteiger partial charge in [0.25, 0.3) is 5.56 Å². The lowest BCUT2D eigenvalue weighted by molar-refractivity contribution is -0.139. The monoisotopic (exact) mass is 341 g/mol. The zero-order valence-corrected chi connectivity index (χ0v) is 13.5. The number of aryl methyl sites for hydroxylation is 2. The van der Waals surface area contributed by atoms with Crippen LogP contribution in [0.3, 0.4) is 0 Å². The second-order valence-electron chi connectivity index (χ2n) is 5.11. The standard InChI is InChI=1S/C8H10N4O2.C5H9NO4/c1-10-4-9-6-5(10)7(13)12(3)8(14)11(6)2;6-3(5(9)10)1-2-4(7)8/h4H,1-3H3;3H,1-2,6H2,(H,7,8)(H,9,10)/t;3-/m.0/s1. The lowest BCUT2D eigenvalue weighted by Gasteiger charge is -2.02. The molecule has 4 N–H and O–H groups in total. The van der Waals surface area contributed by atoms with E-state index in [1.165, 1.54) is 17.9 Å². The van der Waals surface area contributed by atoms with E-state index in [9.17, 15) is 19.2 Å². The molecule has 0 amide bonds. The van der Waals surface area contributed by atoms with Crippen LogP contribution in [0.2, 0.25) is 0 Å². The van der Waals surface area contributed by atoms with E-state index in [4.69, 9.17) is 15.9 Å². The van der Waals surface area contributed by atoms with Crippen molar-refractivity contribution in [1.29, 1.82) is 0 Å². The summed E-state index contributed by atoms with van der Waals surface area (Å²) in [5, 5.41) is 16.3. The van der Waals surface area contributed by atoms with Crippen molar-refractivity contribution in [3.8, 4) is 0 Å². The molecule has 2 aromatic heterocycles. The molecule has 0 bridgehead atoms. The fraction of sp³-hybridized carbons (Fsp3) is 0.462. The number of aliphatic carboxylic acids is 2. The van der Waals surface area contributed by atoms with Gasteiger partial charge in [0.05, 0.1) is 6.33 Å². The van der Waals surface area contributed by atoms with Crippen LogP contribution in [0.5, 0.6) is 0 Å². The minimum atomic E-state index is -1.17. The number of aromatic nitrogens is 4. The number of nitrogens with two attached hydrogens (primary N) is 1. The van der Waals surface area contributed by atoms with Gasteiger partial charge < -0.3 is 20.5 Å². The number of carboxylic acids is 2. The van der Waals surface area contributed by atoms with E-state index in [2.05, 4.69) is 4.98 Å². The van der Waals surface area contributed by atoms with E-state index in [1.54, 1.807) is 18.7 Å². The number of carboxylic acid groups (broad SMARTS) is 2. The van der Waals surface area contributed by atoms with Gasteiger partial charge in [0.1, 0.15) is 6.04 Å². The highest BCUT2D eigenvalue weighted by Gasteiger charge is 2.12. The maximum absolute atomic E-state index is 11.7. The second kappa shape index (κ2) is 7.55. The van der Waals surface area contributed by atoms with Gasteiger partial charge >= 0.3 is 17.6 Å². The normalized spacial score (nSPS) is 11.7. The minimum absolute atomic E-state index is 0.0231. The predicted molar refractivity (Wildman–Crippen MR) is 83.7 cm³/mol. The smallest absolute Gasteiger partial charge is 0.332 e. The molecule has 0 aliphatic heterocycles. The highest BCUT2D eigenvalue weighted by atomic mass is 16.4. The van der Waals surface area contributed by atoms with Crippen LogP contribution >= 0.6 is 0 Å². The number of fused-ring (bicyclic) bond motifs is 1. The summed E-state index contributed by atoms with van der Waals surface area (Å²) in [4.78, 5) is 47.0. The molecule has 0 saturated heterocycles. The Kier molecular flexibility index (Phi) is 6.01. The molecular formula is C13H19N5O6. The first-order valence-electron chi connectivity index (χ1n) is 6.85. The Labute approximate surface area is 135 Å². The molecule has 11 nitrogen and oxygen atoms in total. The molecule has 0 radical (unpaired) electrons. The zero-order chi connectivity index (χ0) is 18.6. The Balaban J connectivity index is 0.000000257. The van der Waals surface area contributed by atoms with Crippen LogP contribution in [0.25, 0.3) is 11.2 Å². The van der Waals surface area contributed by atoms with Crippen LogP contribution in [0.15, 0.2) is 15.9 Å². The molecule has 2 rings (SSSR count).